The Bertz CT molecular complexity index is 1760. The molecular formula is C39H31N2OP. The van der Waals surface area contributed by atoms with Crippen molar-refractivity contribution in [3.8, 4) is 0 Å². The highest BCUT2D eigenvalue weighted by molar-refractivity contribution is 7.77. The van der Waals surface area contributed by atoms with Gasteiger partial charge < -0.3 is 5.32 Å². The van der Waals surface area contributed by atoms with Crippen LogP contribution in [0.1, 0.15) is 33.6 Å². The maximum atomic E-state index is 14.6. The summed E-state index contributed by atoms with van der Waals surface area (Å²) in [5.41, 5.74) is 3.95. The summed E-state index contributed by atoms with van der Waals surface area (Å²) in [7, 11) is -0.874. The zero-order valence-electron chi connectivity index (χ0n) is 23.6. The normalized spacial score (nSPS) is 19.4. The molecule has 4 heteroatoms. The Labute approximate surface area is 254 Å². The maximum Gasteiger partial charge on any atom is 0.260 e. The van der Waals surface area contributed by atoms with Gasteiger partial charge in [0, 0.05) is 11.1 Å². The third-order valence-corrected chi connectivity index (χ3v) is 10.5. The molecule has 7 rings (SSSR count). The first-order valence-corrected chi connectivity index (χ1v) is 15.9. The summed E-state index contributed by atoms with van der Waals surface area (Å²) in [6, 6.07) is 51.6. The van der Waals surface area contributed by atoms with Gasteiger partial charge >= 0.3 is 0 Å². The van der Waals surface area contributed by atoms with E-state index in [2.05, 4.69) is 133 Å². The number of carbonyl (C=O) groups is 1. The molecule has 5 aromatic carbocycles. The van der Waals surface area contributed by atoms with Crippen molar-refractivity contribution in [3.05, 3.63) is 203 Å². The first-order chi connectivity index (χ1) is 21.3. The quantitative estimate of drug-likeness (QED) is 0.208. The van der Waals surface area contributed by atoms with Crippen LogP contribution in [0.5, 0.6) is 0 Å². The molecule has 1 aliphatic heterocycles. The van der Waals surface area contributed by atoms with Gasteiger partial charge in [0.1, 0.15) is 5.82 Å². The lowest BCUT2D eigenvalue weighted by Crippen LogP contribution is -2.32. The van der Waals surface area contributed by atoms with Gasteiger partial charge in [-0.05, 0) is 47.1 Å². The molecule has 208 valence electrons. The van der Waals surface area contributed by atoms with E-state index in [4.69, 9.17) is 0 Å². The minimum absolute atomic E-state index is 0.0220. The number of nitrogens with one attached hydrogen (secondary N) is 1. The molecular weight excluding hydrogens is 543 g/mol. The second kappa shape index (κ2) is 12.1. The van der Waals surface area contributed by atoms with Gasteiger partial charge in [-0.15, -0.1) is 0 Å². The van der Waals surface area contributed by atoms with Crippen LogP contribution in [-0.2, 0) is 0 Å². The van der Waals surface area contributed by atoms with E-state index in [-0.39, 0.29) is 18.0 Å². The number of hydrogen-bond acceptors (Lipinski definition) is 2. The van der Waals surface area contributed by atoms with E-state index in [0.717, 1.165) is 22.5 Å². The van der Waals surface area contributed by atoms with E-state index in [1.54, 1.807) is 0 Å². The molecule has 1 fully saturated rings. The van der Waals surface area contributed by atoms with Gasteiger partial charge in [0.25, 0.3) is 5.91 Å². The third kappa shape index (κ3) is 5.25. The Hall–Kier alpha value is -4.98. The van der Waals surface area contributed by atoms with Crippen molar-refractivity contribution in [3.63, 3.8) is 0 Å². The summed E-state index contributed by atoms with van der Waals surface area (Å²) in [6.07, 6.45) is 6.52. The van der Waals surface area contributed by atoms with Gasteiger partial charge in [-0.3, -0.25) is 9.69 Å². The molecule has 43 heavy (non-hydrogen) atoms. The molecule has 1 saturated heterocycles. The highest BCUT2D eigenvalue weighted by Gasteiger charge is 2.44. The molecule has 1 heterocycles. The molecule has 1 amide bonds. The van der Waals surface area contributed by atoms with Crippen molar-refractivity contribution in [1.29, 1.82) is 0 Å². The number of allylic oxidation sites excluding steroid dienone is 5. The lowest BCUT2D eigenvalue weighted by Gasteiger charge is -2.29. The number of benzene rings is 5. The predicted molar refractivity (Wildman–Crippen MR) is 177 cm³/mol. The van der Waals surface area contributed by atoms with Crippen molar-refractivity contribution in [2.75, 3.05) is 0 Å². The Balaban J connectivity index is 1.44. The van der Waals surface area contributed by atoms with Crippen LogP contribution in [0, 0.1) is 0 Å². The summed E-state index contributed by atoms with van der Waals surface area (Å²) in [6.45, 7) is 0. The molecule has 1 N–H and O–H groups in total. The maximum absolute atomic E-state index is 14.6. The number of rotatable bonds is 6. The molecule has 0 radical (unpaired) electrons. The average molecular weight is 575 g/mol. The largest absolute Gasteiger partial charge is 0.362 e. The van der Waals surface area contributed by atoms with Crippen molar-refractivity contribution in [2.24, 2.45) is 0 Å². The molecule has 0 unspecified atom stereocenters. The fourth-order valence-corrected chi connectivity index (χ4v) is 8.50. The molecule has 0 aromatic heterocycles. The SMILES string of the molecule is O=C(c1ccccc1)N1/C(=C2\C=CC=C2P(c2ccccc2)c2ccccc2)N[C@H](c2ccccc2)[C@H]1c1ccccc1. The van der Waals surface area contributed by atoms with Crippen LogP contribution in [0.3, 0.4) is 0 Å². The zero-order valence-corrected chi connectivity index (χ0v) is 24.5. The number of nitrogens with zero attached hydrogens (tertiary/aromatic N) is 1. The van der Waals surface area contributed by atoms with Crippen LogP contribution in [0.15, 0.2) is 187 Å². The standard InChI is InChI=1S/C39H31N2OP/c42-39(31-21-10-3-11-22-31)41-37(30-19-8-2-9-20-30)36(29-17-6-1-7-18-29)40-38(41)34-27-16-28-35(34)43(32-23-12-4-13-24-32)33-25-14-5-15-26-33/h1-28,36-37,40H/b38-34+/t36-,37-/m1/s1. The monoisotopic (exact) mass is 574 g/mol. The van der Waals surface area contributed by atoms with Gasteiger partial charge in [0.05, 0.1) is 12.1 Å². The summed E-state index contributed by atoms with van der Waals surface area (Å²) in [5.74, 6) is 0.821. The fraction of sp³-hybridized carbons (Fsp3) is 0.0513. The molecule has 0 bridgehead atoms. The number of carbonyl (C=O) groups excluding carboxylic acids is 1. The van der Waals surface area contributed by atoms with E-state index in [1.165, 1.54) is 15.9 Å². The first-order valence-electron chi connectivity index (χ1n) is 14.6. The second-order valence-corrected chi connectivity index (χ2v) is 12.8. The van der Waals surface area contributed by atoms with Gasteiger partial charge in [-0.2, -0.15) is 0 Å². The molecule has 0 saturated carbocycles. The van der Waals surface area contributed by atoms with E-state index in [1.807, 2.05) is 47.4 Å². The molecule has 5 aromatic rings. The smallest absolute Gasteiger partial charge is 0.260 e. The molecule has 1 aliphatic carbocycles. The average Bonchev–Trinajstić information content (AvgIpc) is 3.72. The van der Waals surface area contributed by atoms with Gasteiger partial charge in [0.2, 0.25) is 0 Å². The van der Waals surface area contributed by atoms with Crippen LogP contribution in [0.4, 0.5) is 0 Å². The topological polar surface area (TPSA) is 32.3 Å². The van der Waals surface area contributed by atoms with Crippen molar-refractivity contribution in [1.82, 2.24) is 10.2 Å². The number of amides is 1. The summed E-state index contributed by atoms with van der Waals surface area (Å²) < 4.78 is 0. The minimum atomic E-state index is -0.874. The molecule has 2 aliphatic rings. The van der Waals surface area contributed by atoms with Crippen LogP contribution in [-0.4, -0.2) is 10.8 Å². The summed E-state index contributed by atoms with van der Waals surface area (Å²) in [5, 5.41) is 7.66. The van der Waals surface area contributed by atoms with Crippen LogP contribution in [0.2, 0.25) is 0 Å². The predicted octanol–water partition coefficient (Wildman–Crippen LogP) is 8.01. The summed E-state index contributed by atoms with van der Waals surface area (Å²) >= 11 is 0. The van der Waals surface area contributed by atoms with E-state index in [0.29, 0.717) is 5.56 Å². The number of hydrogen-bond donors (Lipinski definition) is 1. The van der Waals surface area contributed by atoms with Gasteiger partial charge in [0.15, 0.2) is 0 Å². The second-order valence-electron chi connectivity index (χ2n) is 10.6. The highest BCUT2D eigenvalue weighted by atomic mass is 31.1. The van der Waals surface area contributed by atoms with Gasteiger partial charge in [-0.25, -0.2) is 0 Å². The fourth-order valence-electron chi connectivity index (χ4n) is 6.04. The highest BCUT2D eigenvalue weighted by Crippen LogP contribution is 2.52. The summed E-state index contributed by atoms with van der Waals surface area (Å²) in [4.78, 5) is 16.6. The lowest BCUT2D eigenvalue weighted by atomic mass is 9.93. The molecule has 2 atom stereocenters. The van der Waals surface area contributed by atoms with Crippen LogP contribution in [0.25, 0.3) is 0 Å². The molecule has 3 nitrogen and oxygen atoms in total. The van der Waals surface area contributed by atoms with E-state index < -0.39 is 7.92 Å². The molecule has 0 spiro atoms. The Morgan fingerprint density at radius 2 is 1.09 bits per heavy atom. The minimum Gasteiger partial charge on any atom is -0.362 e. The van der Waals surface area contributed by atoms with Crippen molar-refractivity contribution < 1.29 is 4.79 Å². The van der Waals surface area contributed by atoms with Crippen LogP contribution >= 0.6 is 7.92 Å². The van der Waals surface area contributed by atoms with Gasteiger partial charge in [-0.1, -0.05) is 158 Å². The van der Waals surface area contributed by atoms with E-state index >= 15 is 0 Å². The van der Waals surface area contributed by atoms with Crippen LogP contribution < -0.4 is 15.9 Å². The third-order valence-electron chi connectivity index (χ3n) is 7.98. The van der Waals surface area contributed by atoms with Crippen molar-refractivity contribution >= 4 is 24.4 Å². The Morgan fingerprint density at radius 1 is 0.605 bits per heavy atom. The zero-order chi connectivity index (χ0) is 29.0. The van der Waals surface area contributed by atoms with Crippen molar-refractivity contribution in [2.45, 2.75) is 12.1 Å². The lowest BCUT2D eigenvalue weighted by molar-refractivity contribution is 0.0768. The Morgan fingerprint density at radius 3 is 1.65 bits per heavy atom. The Kier molecular flexibility index (Phi) is 7.56. The first kappa shape index (κ1) is 26.9. The van der Waals surface area contributed by atoms with E-state index in [9.17, 15) is 4.79 Å².